The first kappa shape index (κ1) is 38.8. The maximum atomic E-state index is 10.5. The maximum absolute atomic E-state index is 10.5. The second kappa shape index (κ2) is 24.6. The van der Waals surface area contributed by atoms with Crippen molar-refractivity contribution in [1.29, 1.82) is 0 Å². The fourth-order valence-corrected chi connectivity index (χ4v) is 3.22. The molecule has 0 saturated heterocycles. The monoisotopic (exact) mass is 744 g/mol. The molecule has 0 aliphatic carbocycles. The average molecular weight is 746 g/mol. The third-order valence-electron chi connectivity index (χ3n) is 4.70. The molecule has 4 N–H and O–H groups in total. The van der Waals surface area contributed by atoms with Crippen LogP contribution in [0.5, 0.6) is 11.5 Å². The number of nitrogens with zero attached hydrogens (tertiary/aromatic N) is 4. The smallest absolute Gasteiger partial charge is 0 e. The second-order valence-corrected chi connectivity index (χ2v) is 12.7. The van der Waals surface area contributed by atoms with Crippen LogP contribution in [0.3, 0.4) is 0 Å². The second-order valence-electron chi connectivity index (χ2n) is 7.48. The van der Waals surface area contributed by atoms with Crippen molar-refractivity contribution >= 4 is 53.2 Å². The predicted molar refractivity (Wildman–Crippen MR) is 159 cm³/mol. The van der Waals surface area contributed by atoms with Crippen molar-refractivity contribution in [2.24, 2.45) is 20.0 Å². The average Bonchev–Trinajstić information content (AvgIpc) is 2.89. The van der Waals surface area contributed by atoms with Gasteiger partial charge >= 0.3 is 39.5 Å². The number of hydrogen-bond acceptors (Lipinski definition) is 8. The van der Waals surface area contributed by atoms with Gasteiger partial charge in [0.1, 0.15) is 11.5 Å². The normalized spacial score (nSPS) is 12.9. The number of rotatable bonds is 0. The molecule has 216 valence electrons. The zero-order valence-corrected chi connectivity index (χ0v) is 27.1. The van der Waals surface area contributed by atoms with E-state index in [2.05, 4.69) is 48.3 Å². The van der Waals surface area contributed by atoms with Gasteiger partial charge in [0.25, 0.3) is 0 Å². The van der Waals surface area contributed by atoms with Gasteiger partial charge in [0.2, 0.25) is 0 Å². The predicted octanol–water partition coefficient (Wildman–Crippen LogP) is 4.79. The summed E-state index contributed by atoms with van der Waals surface area (Å²) in [6.45, 7) is 6.39. The SMILES string of the molecule is CO.CO.Cc1cc2c(O)c(c1)C=NCCCN=Cc1cc(C)cc(c1O)C=NCCCN=C2.[Br][Co][Br].[Co]. The van der Waals surface area contributed by atoms with Gasteiger partial charge in [0, 0.05) is 104 Å². The van der Waals surface area contributed by atoms with Gasteiger partial charge in [-0.2, -0.15) is 0 Å². The summed E-state index contributed by atoms with van der Waals surface area (Å²) in [4.78, 5) is 17.7. The molecule has 12 heteroatoms. The molecular weight excluding hydrogens is 710 g/mol. The number of phenols is 2. The van der Waals surface area contributed by atoms with Crippen molar-refractivity contribution < 1.29 is 48.3 Å². The van der Waals surface area contributed by atoms with Crippen LogP contribution in [0.15, 0.2) is 44.2 Å². The summed E-state index contributed by atoms with van der Waals surface area (Å²) in [5.74, 6) is 0.394. The molecule has 8 nitrogen and oxygen atoms in total. The van der Waals surface area contributed by atoms with Crippen LogP contribution in [0.1, 0.15) is 46.2 Å². The molecule has 2 aromatic rings. The first-order valence-electron chi connectivity index (χ1n) is 11.4. The van der Waals surface area contributed by atoms with E-state index in [0.29, 0.717) is 48.4 Å². The molecule has 0 atom stereocenters. The third kappa shape index (κ3) is 15.3. The Bertz CT molecular complexity index is 900. The number of halogens is 2. The molecule has 2 aromatic carbocycles. The van der Waals surface area contributed by atoms with Crippen LogP contribution in [-0.2, 0) is 27.9 Å². The van der Waals surface area contributed by atoms with Crippen molar-refractivity contribution in [2.45, 2.75) is 26.7 Å². The fraction of sp³-hybridized carbons (Fsp3) is 0.385. The number of aromatic hydroxyl groups is 2. The number of aliphatic hydroxyl groups excluding tert-OH is 2. The summed E-state index contributed by atoms with van der Waals surface area (Å²) in [5.41, 5.74) is 4.85. The third-order valence-corrected chi connectivity index (χ3v) is 4.70. The Hall–Kier alpha value is -1.39. The van der Waals surface area contributed by atoms with Crippen molar-refractivity contribution in [2.75, 3.05) is 40.4 Å². The van der Waals surface area contributed by atoms with E-state index in [9.17, 15) is 10.2 Å². The van der Waals surface area contributed by atoms with E-state index in [0.717, 1.165) is 49.3 Å². The van der Waals surface area contributed by atoms with Gasteiger partial charge in [-0.05, 0) is 62.1 Å². The Labute approximate surface area is 256 Å². The Morgan fingerprint density at radius 2 is 0.789 bits per heavy atom. The molecule has 0 spiro atoms. The van der Waals surface area contributed by atoms with E-state index in [1.54, 1.807) is 24.9 Å². The zero-order valence-electron chi connectivity index (χ0n) is 21.9. The van der Waals surface area contributed by atoms with Gasteiger partial charge in [0.05, 0.1) is 0 Å². The molecule has 0 aromatic heterocycles. The molecule has 38 heavy (non-hydrogen) atoms. The van der Waals surface area contributed by atoms with Crippen molar-refractivity contribution in [3.8, 4) is 11.5 Å². The fourth-order valence-electron chi connectivity index (χ4n) is 3.22. The van der Waals surface area contributed by atoms with Gasteiger partial charge in [0.15, 0.2) is 0 Å². The van der Waals surface area contributed by atoms with Gasteiger partial charge in [-0.25, -0.2) is 0 Å². The minimum Gasteiger partial charge on any atom is 0 e. The number of aryl methyl sites for hydroxylation is 2. The van der Waals surface area contributed by atoms with E-state index < -0.39 is 0 Å². The van der Waals surface area contributed by atoms with Gasteiger partial charge in [-0.1, -0.05) is 0 Å². The molecule has 0 amide bonds. The first-order valence-corrected chi connectivity index (χ1v) is 16.5. The van der Waals surface area contributed by atoms with Crippen LogP contribution >= 0.6 is 28.3 Å². The van der Waals surface area contributed by atoms with Crippen LogP contribution in [0.2, 0.25) is 0 Å². The van der Waals surface area contributed by atoms with Crippen LogP contribution in [-0.4, -0.2) is 85.7 Å². The summed E-state index contributed by atoms with van der Waals surface area (Å²) >= 11 is 7.12. The Morgan fingerprint density at radius 1 is 0.579 bits per heavy atom. The zero-order chi connectivity index (χ0) is 28.1. The Kier molecular flexibility index (Phi) is 25.1. The summed E-state index contributed by atoms with van der Waals surface area (Å²) in [5, 5.41) is 35.0. The molecule has 1 heterocycles. The number of benzene rings is 2. The van der Waals surface area contributed by atoms with Gasteiger partial charge in [-0.3, -0.25) is 20.0 Å². The van der Waals surface area contributed by atoms with Gasteiger partial charge in [-0.15, -0.1) is 0 Å². The van der Waals surface area contributed by atoms with E-state index >= 15 is 0 Å². The molecular formula is C26H36Br2Co2N4O4. The van der Waals surface area contributed by atoms with Gasteiger partial charge < -0.3 is 20.4 Å². The first-order chi connectivity index (χ1) is 18.0. The van der Waals surface area contributed by atoms with Crippen molar-refractivity contribution in [3.63, 3.8) is 0 Å². The molecule has 4 bridgehead atoms. The number of fused-ring (bicyclic) bond motifs is 4. The number of aliphatic imine (C=N–C) groups is 4. The van der Waals surface area contributed by atoms with Crippen LogP contribution in [0.4, 0.5) is 0 Å². The molecule has 1 aliphatic heterocycles. The minimum absolute atomic E-state index is 0. The van der Waals surface area contributed by atoms with Crippen LogP contribution in [0.25, 0.3) is 0 Å². The minimum atomic E-state index is 0. The molecule has 0 saturated carbocycles. The molecule has 0 unspecified atom stereocenters. The number of phenolic OH excluding ortho intramolecular Hbond substituents is 2. The molecule has 1 radical (unpaired) electrons. The van der Waals surface area contributed by atoms with E-state index in [-0.39, 0.29) is 28.3 Å². The van der Waals surface area contributed by atoms with E-state index in [4.69, 9.17) is 10.2 Å². The molecule has 0 fully saturated rings. The topological polar surface area (TPSA) is 130 Å². The van der Waals surface area contributed by atoms with Crippen molar-refractivity contribution in [3.05, 3.63) is 57.6 Å². The summed E-state index contributed by atoms with van der Waals surface area (Å²) in [6, 6.07) is 7.64. The van der Waals surface area contributed by atoms with Crippen LogP contribution in [0, 0.1) is 13.8 Å². The van der Waals surface area contributed by atoms with Crippen molar-refractivity contribution in [1.82, 2.24) is 0 Å². The quantitative estimate of drug-likeness (QED) is 0.309. The Morgan fingerprint density at radius 3 is 1.00 bits per heavy atom. The molecule has 1 aliphatic rings. The Balaban J connectivity index is 0. The summed E-state index contributed by atoms with van der Waals surface area (Å²) < 4.78 is 0. The van der Waals surface area contributed by atoms with Crippen LogP contribution < -0.4 is 0 Å². The maximum Gasteiger partial charge on any atom is 0 e. The number of aliphatic hydroxyl groups is 2. The molecule has 3 rings (SSSR count). The largest absolute Gasteiger partial charge is 0 e. The standard InChI is InChI=1S/C24H28N4O2.2CH4O.2BrH.2Co/c1-17-9-19-13-25-5-3-7-27-15-21-11-18(2)12-22(24(21)30)16-28-8-4-6-26-14-20(10-17)23(19)29;2*1-2;;;;/h9-16,29-30H,3-8H2,1-2H3;2*2H,1H3;2*1H;;/q;;;;;;+2/p-2. The van der Waals surface area contributed by atoms with E-state index in [1.165, 1.54) is 0 Å². The summed E-state index contributed by atoms with van der Waals surface area (Å²) in [6.07, 6.45) is 8.36. The summed E-state index contributed by atoms with van der Waals surface area (Å²) in [7, 11) is 2.00. The van der Waals surface area contributed by atoms with E-state index in [1.807, 2.05) is 38.1 Å². The number of hydrogen-bond donors (Lipinski definition) is 4.